The van der Waals surface area contributed by atoms with Crippen molar-refractivity contribution in [2.45, 2.75) is 19.8 Å². The molecule has 6 nitrogen and oxygen atoms in total. The van der Waals surface area contributed by atoms with Crippen LogP contribution in [0.15, 0.2) is 18.2 Å². The van der Waals surface area contributed by atoms with E-state index in [9.17, 15) is 10.1 Å². The molecule has 1 rings (SSSR count). The van der Waals surface area contributed by atoms with Gasteiger partial charge >= 0.3 is 5.69 Å². The van der Waals surface area contributed by atoms with Crippen LogP contribution in [0.2, 0.25) is 0 Å². The fourth-order valence-electron chi connectivity index (χ4n) is 1.80. The van der Waals surface area contributed by atoms with Crippen molar-refractivity contribution >= 4 is 17.1 Å². The molecule has 1 aromatic carbocycles. The predicted octanol–water partition coefficient (Wildman–Crippen LogP) is 2.00. The van der Waals surface area contributed by atoms with Gasteiger partial charge in [0.25, 0.3) is 0 Å². The van der Waals surface area contributed by atoms with Gasteiger partial charge in [0, 0.05) is 13.2 Å². The van der Waals surface area contributed by atoms with E-state index in [2.05, 4.69) is 5.32 Å². The van der Waals surface area contributed by atoms with Gasteiger partial charge in [-0.3, -0.25) is 10.1 Å². The molecule has 0 fully saturated rings. The van der Waals surface area contributed by atoms with Crippen molar-refractivity contribution in [2.75, 3.05) is 24.2 Å². The molecule has 1 unspecified atom stereocenters. The van der Waals surface area contributed by atoms with Crippen LogP contribution in [-0.4, -0.2) is 23.2 Å². The van der Waals surface area contributed by atoms with E-state index in [1.54, 1.807) is 12.1 Å². The number of nitrogens with two attached hydrogens (primary N) is 1. The van der Waals surface area contributed by atoms with E-state index in [1.165, 1.54) is 6.07 Å². The second-order valence-corrected chi connectivity index (χ2v) is 4.17. The molecule has 1 atom stereocenters. The van der Waals surface area contributed by atoms with Crippen molar-refractivity contribution in [1.82, 2.24) is 0 Å². The van der Waals surface area contributed by atoms with Crippen LogP contribution in [0.3, 0.4) is 0 Å². The summed E-state index contributed by atoms with van der Waals surface area (Å²) >= 11 is 0. The normalized spacial score (nSPS) is 12.1. The second-order valence-electron chi connectivity index (χ2n) is 4.17. The highest BCUT2D eigenvalue weighted by Gasteiger charge is 2.18. The number of nitrogens with zero attached hydrogens (tertiary/aromatic N) is 1. The van der Waals surface area contributed by atoms with Crippen LogP contribution < -0.4 is 11.1 Å². The highest BCUT2D eigenvalue weighted by Crippen LogP contribution is 2.30. The number of hydrogen-bond donors (Lipinski definition) is 3. The third kappa shape index (κ3) is 3.59. The molecule has 0 aliphatic rings. The number of nitro benzene ring substituents is 1. The average molecular weight is 253 g/mol. The van der Waals surface area contributed by atoms with Gasteiger partial charge in [-0.1, -0.05) is 19.4 Å². The zero-order chi connectivity index (χ0) is 13.5. The molecule has 1 aromatic rings. The maximum absolute atomic E-state index is 10.9. The van der Waals surface area contributed by atoms with Gasteiger partial charge in [-0.25, -0.2) is 0 Å². The summed E-state index contributed by atoms with van der Waals surface area (Å²) < 4.78 is 0. The Hall–Kier alpha value is -1.82. The minimum Gasteiger partial charge on any atom is -0.396 e. The Balaban J connectivity index is 2.78. The van der Waals surface area contributed by atoms with Gasteiger partial charge in [0.05, 0.1) is 4.92 Å². The zero-order valence-corrected chi connectivity index (χ0v) is 10.4. The van der Waals surface area contributed by atoms with E-state index in [0.717, 1.165) is 6.42 Å². The zero-order valence-electron chi connectivity index (χ0n) is 10.4. The number of anilines is 2. The SMILES string of the molecule is CCC(CCO)CNc1cccc(N)c1[N+](=O)[O-]. The fourth-order valence-corrected chi connectivity index (χ4v) is 1.80. The van der Waals surface area contributed by atoms with E-state index in [1.807, 2.05) is 6.92 Å². The molecule has 0 saturated carbocycles. The number of aliphatic hydroxyl groups excluding tert-OH is 1. The monoisotopic (exact) mass is 253 g/mol. The largest absolute Gasteiger partial charge is 0.396 e. The summed E-state index contributed by atoms with van der Waals surface area (Å²) in [4.78, 5) is 10.4. The summed E-state index contributed by atoms with van der Waals surface area (Å²) in [7, 11) is 0. The Kier molecular flexibility index (Phi) is 5.38. The summed E-state index contributed by atoms with van der Waals surface area (Å²) in [6, 6.07) is 4.83. The van der Waals surface area contributed by atoms with E-state index in [-0.39, 0.29) is 23.9 Å². The van der Waals surface area contributed by atoms with Crippen LogP contribution in [0, 0.1) is 16.0 Å². The molecular weight excluding hydrogens is 234 g/mol. The molecule has 0 bridgehead atoms. The van der Waals surface area contributed by atoms with Gasteiger partial charge in [-0.15, -0.1) is 0 Å². The number of para-hydroxylation sites is 1. The average Bonchev–Trinajstić information content (AvgIpc) is 2.33. The highest BCUT2D eigenvalue weighted by molar-refractivity contribution is 5.74. The standard InChI is InChI=1S/C12H19N3O3/c1-2-9(6-7-16)8-14-11-5-3-4-10(13)12(11)15(17)18/h3-5,9,14,16H,2,6-8,13H2,1H3. The van der Waals surface area contributed by atoms with Crippen LogP contribution in [0.1, 0.15) is 19.8 Å². The number of nitrogen functional groups attached to an aromatic ring is 1. The van der Waals surface area contributed by atoms with Crippen molar-refractivity contribution in [3.05, 3.63) is 28.3 Å². The Morgan fingerprint density at radius 3 is 2.83 bits per heavy atom. The Labute approximate surface area is 106 Å². The van der Waals surface area contributed by atoms with Crippen molar-refractivity contribution in [1.29, 1.82) is 0 Å². The predicted molar refractivity (Wildman–Crippen MR) is 71.5 cm³/mol. The summed E-state index contributed by atoms with van der Waals surface area (Å²) in [5, 5.41) is 22.9. The minimum atomic E-state index is -0.481. The fraction of sp³-hybridized carbons (Fsp3) is 0.500. The summed E-state index contributed by atoms with van der Waals surface area (Å²) in [6.07, 6.45) is 1.59. The van der Waals surface area contributed by atoms with E-state index in [0.29, 0.717) is 18.7 Å². The molecule has 18 heavy (non-hydrogen) atoms. The number of aliphatic hydroxyl groups is 1. The maximum Gasteiger partial charge on any atom is 0.314 e. The topological polar surface area (TPSA) is 101 Å². The van der Waals surface area contributed by atoms with Crippen LogP contribution in [0.25, 0.3) is 0 Å². The van der Waals surface area contributed by atoms with E-state index in [4.69, 9.17) is 10.8 Å². The molecule has 0 amide bonds. The molecule has 4 N–H and O–H groups in total. The third-order valence-corrected chi connectivity index (χ3v) is 2.95. The maximum atomic E-state index is 10.9. The van der Waals surface area contributed by atoms with Crippen molar-refractivity contribution in [3.8, 4) is 0 Å². The molecule has 0 saturated heterocycles. The first-order valence-corrected chi connectivity index (χ1v) is 5.97. The number of nitrogens with one attached hydrogen (secondary N) is 1. The van der Waals surface area contributed by atoms with Crippen LogP contribution >= 0.6 is 0 Å². The molecule has 100 valence electrons. The number of benzene rings is 1. The van der Waals surface area contributed by atoms with Crippen molar-refractivity contribution in [3.63, 3.8) is 0 Å². The van der Waals surface area contributed by atoms with Gasteiger partial charge < -0.3 is 16.2 Å². The lowest BCUT2D eigenvalue weighted by Crippen LogP contribution is -2.16. The van der Waals surface area contributed by atoms with Crippen molar-refractivity contribution < 1.29 is 10.0 Å². The van der Waals surface area contributed by atoms with Crippen LogP contribution in [-0.2, 0) is 0 Å². The van der Waals surface area contributed by atoms with Gasteiger partial charge in [-0.2, -0.15) is 0 Å². The molecule has 0 radical (unpaired) electrons. The first-order valence-electron chi connectivity index (χ1n) is 5.97. The lowest BCUT2D eigenvalue weighted by Gasteiger charge is -2.15. The lowest BCUT2D eigenvalue weighted by atomic mass is 10.0. The Bertz CT molecular complexity index is 410. The number of hydrogen-bond acceptors (Lipinski definition) is 5. The first-order chi connectivity index (χ1) is 8.60. The number of nitro groups is 1. The molecule has 6 heteroatoms. The molecule has 0 heterocycles. The molecule has 0 aromatic heterocycles. The van der Waals surface area contributed by atoms with Gasteiger partial charge in [0.15, 0.2) is 0 Å². The second kappa shape index (κ2) is 6.80. The summed E-state index contributed by atoms with van der Waals surface area (Å²) in [5.74, 6) is 0.288. The molecule has 0 spiro atoms. The van der Waals surface area contributed by atoms with Crippen LogP contribution in [0.5, 0.6) is 0 Å². The smallest absolute Gasteiger partial charge is 0.314 e. The third-order valence-electron chi connectivity index (χ3n) is 2.95. The Morgan fingerprint density at radius 2 is 2.28 bits per heavy atom. The van der Waals surface area contributed by atoms with Gasteiger partial charge in [0.1, 0.15) is 11.4 Å². The van der Waals surface area contributed by atoms with E-state index >= 15 is 0 Å². The lowest BCUT2D eigenvalue weighted by molar-refractivity contribution is -0.383. The van der Waals surface area contributed by atoms with Crippen LogP contribution in [0.4, 0.5) is 17.1 Å². The minimum absolute atomic E-state index is 0.0867. The van der Waals surface area contributed by atoms with E-state index < -0.39 is 4.92 Å². The number of rotatable bonds is 7. The highest BCUT2D eigenvalue weighted by atomic mass is 16.6. The molecule has 0 aliphatic heterocycles. The first kappa shape index (κ1) is 14.2. The van der Waals surface area contributed by atoms with Gasteiger partial charge in [-0.05, 0) is 24.5 Å². The summed E-state index contributed by atoms with van der Waals surface area (Å²) in [5.41, 5.74) is 6.09. The quantitative estimate of drug-likeness (QED) is 0.392. The summed E-state index contributed by atoms with van der Waals surface area (Å²) in [6.45, 7) is 2.73. The van der Waals surface area contributed by atoms with Crippen molar-refractivity contribution in [2.24, 2.45) is 5.92 Å². The molecular formula is C12H19N3O3. The Morgan fingerprint density at radius 1 is 1.56 bits per heavy atom. The molecule has 0 aliphatic carbocycles. The van der Waals surface area contributed by atoms with Gasteiger partial charge in [0.2, 0.25) is 0 Å².